The second-order valence-electron chi connectivity index (χ2n) is 6.74. The fourth-order valence-electron chi connectivity index (χ4n) is 2.49. The predicted molar refractivity (Wildman–Crippen MR) is 85.6 cm³/mol. The second kappa shape index (κ2) is 7.03. The molecule has 0 spiro atoms. The molecule has 0 amide bonds. The van der Waals surface area contributed by atoms with Gasteiger partial charge in [0.15, 0.2) is 0 Å². The third-order valence-electron chi connectivity index (χ3n) is 3.68. The van der Waals surface area contributed by atoms with Crippen molar-refractivity contribution in [3.05, 3.63) is 47.3 Å². The Labute approximate surface area is 132 Å². The van der Waals surface area contributed by atoms with E-state index in [4.69, 9.17) is 9.47 Å². The lowest BCUT2D eigenvalue weighted by atomic mass is 9.94. The number of benzene rings is 1. The van der Waals surface area contributed by atoms with E-state index in [2.05, 4.69) is 12.2 Å². The maximum absolute atomic E-state index is 14.2. The van der Waals surface area contributed by atoms with Gasteiger partial charge in [-0.05, 0) is 51.2 Å². The van der Waals surface area contributed by atoms with E-state index in [-0.39, 0.29) is 11.4 Å². The predicted octanol–water partition coefficient (Wildman–Crippen LogP) is 4.13. The van der Waals surface area contributed by atoms with Gasteiger partial charge in [0, 0.05) is 12.1 Å². The molecule has 0 saturated carbocycles. The number of halogens is 1. The monoisotopic (exact) mass is 307 g/mol. The van der Waals surface area contributed by atoms with E-state index in [1.54, 1.807) is 12.3 Å². The van der Waals surface area contributed by atoms with Crippen molar-refractivity contribution < 1.29 is 13.9 Å². The highest BCUT2D eigenvalue weighted by molar-refractivity contribution is 5.29. The molecular formula is C18H26FNO2. The van der Waals surface area contributed by atoms with Gasteiger partial charge in [-0.1, -0.05) is 19.1 Å². The average Bonchev–Trinajstić information content (AvgIpc) is 2.43. The van der Waals surface area contributed by atoms with Crippen LogP contribution in [0.1, 0.15) is 45.2 Å². The second-order valence-corrected chi connectivity index (χ2v) is 6.74. The lowest BCUT2D eigenvalue weighted by molar-refractivity contribution is 0.0294. The fourth-order valence-corrected chi connectivity index (χ4v) is 2.49. The zero-order valence-corrected chi connectivity index (χ0v) is 13.9. The number of hydrogen-bond acceptors (Lipinski definition) is 3. The van der Waals surface area contributed by atoms with Gasteiger partial charge in [-0.25, -0.2) is 4.39 Å². The molecule has 0 radical (unpaired) electrons. The van der Waals surface area contributed by atoms with Crippen LogP contribution in [0.3, 0.4) is 0 Å². The molecule has 0 saturated heterocycles. The first-order valence-electron chi connectivity index (χ1n) is 7.90. The van der Waals surface area contributed by atoms with E-state index in [0.29, 0.717) is 30.5 Å². The summed E-state index contributed by atoms with van der Waals surface area (Å²) in [5.74, 6) is 0.737. The van der Waals surface area contributed by atoms with Crippen molar-refractivity contribution in [1.82, 2.24) is 5.32 Å². The Morgan fingerprint density at radius 3 is 2.82 bits per heavy atom. The number of ether oxygens (including phenoxy) is 2. The summed E-state index contributed by atoms with van der Waals surface area (Å²) in [5, 5.41) is 3.15. The van der Waals surface area contributed by atoms with Crippen LogP contribution in [0, 0.1) is 11.7 Å². The molecule has 1 N–H and O–H groups in total. The van der Waals surface area contributed by atoms with Gasteiger partial charge in [0.05, 0.1) is 6.61 Å². The van der Waals surface area contributed by atoms with Crippen molar-refractivity contribution in [2.24, 2.45) is 5.92 Å². The van der Waals surface area contributed by atoms with Crippen LogP contribution in [0.25, 0.3) is 0 Å². The van der Waals surface area contributed by atoms with Crippen molar-refractivity contribution >= 4 is 0 Å². The topological polar surface area (TPSA) is 30.5 Å². The molecule has 2 rings (SSSR count). The third kappa shape index (κ3) is 4.65. The molecule has 1 aromatic carbocycles. The van der Waals surface area contributed by atoms with Crippen LogP contribution >= 0.6 is 0 Å². The number of hydrogen-bond donors (Lipinski definition) is 1. The van der Waals surface area contributed by atoms with Crippen molar-refractivity contribution in [1.29, 1.82) is 0 Å². The van der Waals surface area contributed by atoms with Crippen LogP contribution in [0.15, 0.2) is 30.3 Å². The molecule has 1 aliphatic rings. The number of nitrogens with one attached hydrogen (secondary N) is 1. The van der Waals surface area contributed by atoms with Crippen LogP contribution in [0.5, 0.6) is 0 Å². The molecule has 1 atom stereocenters. The van der Waals surface area contributed by atoms with Gasteiger partial charge in [-0.3, -0.25) is 0 Å². The Kier molecular flexibility index (Phi) is 5.33. The standard InChI is InChI=1S/C18H26FNO2/c1-5-13-9-14-7-6-8-16(19)15(14)10-20-17(12-21-11-13)22-18(2,3)4/h6-8,12-13,20H,5,9-11H2,1-4H3. The molecule has 1 unspecified atom stereocenters. The van der Waals surface area contributed by atoms with Crippen LogP contribution in [0.4, 0.5) is 4.39 Å². The largest absolute Gasteiger partial charge is 0.495 e. The summed E-state index contributed by atoms with van der Waals surface area (Å²) in [6.45, 7) is 9.04. The van der Waals surface area contributed by atoms with Crippen LogP contribution < -0.4 is 5.32 Å². The van der Waals surface area contributed by atoms with Gasteiger partial charge in [0.1, 0.15) is 17.7 Å². The lowest BCUT2D eigenvalue weighted by Crippen LogP contribution is -2.27. The normalized spacial score (nSPS) is 19.3. The molecule has 1 aromatic rings. The summed E-state index contributed by atoms with van der Waals surface area (Å²) in [6, 6.07) is 5.28. The van der Waals surface area contributed by atoms with Gasteiger partial charge in [0.2, 0.25) is 5.88 Å². The molecule has 0 aliphatic carbocycles. The van der Waals surface area contributed by atoms with E-state index in [0.717, 1.165) is 18.4 Å². The van der Waals surface area contributed by atoms with Gasteiger partial charge in [0.25, 0.3) is 0 Å². The minimum Gasteiger partial charge on any atom is -0.495 e. The minimum atomic E-state index is -0.339. The smallest absolute Gasteiger partial charge is 0.223 e. The van der Waals surface area contributed by atoms with Crippen LogP contribution in [-0.4, -0.2) is 12.2 Å². The first kappa shape index (κ1) is 16.7. The zero-order chi connectivity index (χ0) is 16.2. The highest BCUT2D eigenvalue weighted by atomic mass is 19.1. The highest BCUT2D eigenvalue weighted by Gasteiger charge is 2.18. The van der Waals surface area contributed by atoms with E-state index in [9.17, 15) is 4.39 Å². The summed E-state index contributed by atoms with van der Waals surface area (Å²) in [6.07, 6.45) is 3.43. The van der Waals surface area contributed by atoms with Gasteiger partial charge >= 0.3 is 0 Å². The Hall–Kier alpha value is -1.71. The van der Waals surface area contributed by atoms with Crippen molar-refractivity contribution in [2.45, 2.75) is 52.7 Å². The Morgan fingerprint density at radius 2 is 2.14 bits per heavy atom. The average molecular weight is 307 g/mol. The SMILES string of the molecule is CCC1COC=C(OC(C)(C)C)NCc2c(F)cccc2C1. The van der Waals surface area contributed by atoms with Gasteiger partial charge in [-0.2, -0.15) is 0 Å². The Balaban J connectivity index is 2.27. The summed E-state index contributed by atoms with van der Waals surface area (Å²) in [5.41, 5.74) is 1.42. The van der Waals surface area contributed by atoms with Crippen molar-refractivity contribution in [3.63, 3.8) is 0 Å². The minimum absolute atomic E-state index is 0.170. The fraction of sp³-hybridized carbons (Fsp3) is 0.556. The Bertz CT molecular complexity index is 534. The zero-order valence-electron chi connectivity index (χ0n) is 13.9. The number of rotatable bonds is 2. The quantitative estimate of drug-likeness (QED) is 0.891. The van der Waals surface area contributed by atoms with E-state index < -0.39 is 0 Å². The Morgan fingerprint density at radius 1 is 1.36 bits per heavy atom. The lowest BCUT2D eigenvalue weighted by Gasteiger charge is -2.26. The molecule has 122 valence electrons. The summed E-state index contributed by atoms with van der Waals surface area (Å²) >= 11 is 0. The molecule has 0 fully saturated rings. The van der Waals surface area contributed by atoms with Crippen LogP contribution in [0.2, 0.25) is 0 Å². The summed E-state index contributed by atoms with van der Waals surface area (Å²) < 4.78 is 25.7. The van der Waals surface area contributed by atoms with Gasteiger partial charge in [-0.15, -0.1) is 0 Å². The third-order valence-corrected chi connectivity index (χ3v) is 3.68. The molecule has 0 bridgehead atoms. The first-order valence-corrected chi connectivity index (χ1v) is 7.90. The van der Waals surface area contributed by atoms with Crippen molar-refractivity contribution in [2.75, 3.05) is 6.61 Å². The molecule has 0 aromatic heterocycles. The molecule has 22 heavy (non-hydrogen) atoms. The summed E-state index contributed by atoms with van der Waals surface area (Å²) in [7, 11) is 0. The molecule has 3 nitrogen and oxygen atoms in total. The molecule has 4 heteroatoms. The molecule has 1 aliphatic heterocycles. The molecular weight excluding hydrogens is 281 g/mol. The maximum Gasteiger partial charge on any atom is 0.223 e. The van der Waals surface area contributed by atoms with E-state index >= 15 is 0 Å². The molecule has 1 heterocycles. The highest BCUT2D eigenvalue weighted by Crippen LogP contribution is 2.22. The first-order chi connectivity index (χ1) is 10.4. The maximum atomic E-state index is 14.2. The van der Waals surface area contributed by atoms with E-state index in [1.807, 2.05) is 26.8 Å². The summed E-state index contributed by atoms with van der Waals surface area (Å²) in [4.78, 5) is 0. The van der Waals surface area contributed by atoms with E-state index in [1.165, 1.54) is 6.07 Å². The van der Waals surface area contributed by atoms with Gasteiger partial charge < -0.3 is 14.8 Å². The van der Waals surface area contributed by atoms with Crippen molar-refractivity contribution in [3.8, 4) is 0 Å². The van der Waals surface area contributed by atoms with Crippen LogP contribution in [-0.2, 0) is 22.4 Å². The number of fused-ring (bicyclic) bond motifs is 1.